The standard InChI is InChI=1S/C24H35N7O2/c1-16-22(33-18-7-4-3-5-8-18)12-11-20(29-16)24(25)21(31(2)26)15-27-23-13-19(14-28-30-23)32-17-9-6-10-17/h11-14,17-18H,3-10,15,25-26H2,1-2H3,(H,27,30)/b24-21-. The second kappa shape index (κ2) is 10.7. The normalized spacial score (nSPS) is 17.7. The third kappa shape index (κ3) is 6.04. The Kier molecular flexibility index (Phi) is 7.49. The smallest absolute Gasteiger partial charge is 0.152 e. The summed E-state index contributed by atoms with van der Waals surface area (Å²) in [5.74, 6) is 8.22. The van der Waals surface area contributed by atoms with Crippen LogP contribution in [-0.2, 0) is 0 Å². The molecule has 0 unspecified atom stereocenters. The van der Waals surface area contributed by atoms with Crippen molar-refractivity contribution in [3.05, 3.63) is 41.5 Å². The third-order valence-electron chi connectivity index (χ3n) is 6.32. The largest absolute Gasteiger partial charge is 0.489 e. The zero-order valence-electron chi connectivity index (χ0n) is 19.6. The minimum atomic E-state index is 0.276. The Balaban J connectivity index is 1.44. The van der Waals surface area contributed by atoms with Crippen molar-refractivity contribution in [2.75, 3.05) is 18.9 Å². The summed E-state index contributed by atoms with van der Waals surface area (Å²) in [6.07, 6.45) is 11.5. The molecule has 5 N–H and O–H groups in total. The Hall–Kier alpha value is -3.07. The lowest BCUT2D eigenvalue weighted by Gasteiger charge is -2.26. The molecule has 2 fully saturated rings. The van der Waals surface area contributed by atoms with Gasteiger partial charge in [-0.25, -0.2) is 10.8 Å². The molecule has 2 aliphatic rings. The summed E-state index contributed by atoms with van der Waals surface area (Å²) in [4.78, 5) is 4.69. The highest BCUT2D eigenvalue weighted by Crippen LogP contribution is 2.27. The van der Waals surface area contributed by atoms with Gasteiger partial charge in [0.05, 0.1) is 47.7 Å². The maximum atomic E-state index is 6.48. The molecule has 0 aliphatic heterocycles. The second-order valence-corrected chi connectivity index (χ2v) is 8.93. The zero-order chi connectivity index (χ0) is 23.2. The first-order valence-corrected chi connectivity index (χ1v) is 11.8. The van der Waals surface area contributed by atoms with Gasteiger partial charge in [0.25, 0.3) is 0 Å². The molecule has 0 amide bonds. The number of likely N-dealkylation sites (N-methyl/N-ethyl adjacent to an activating group) is 1. The van der Waals surface area contributed by atoms with E-state index in [-0.39, 0.29) is 12.2 Å². The lowest BCUT2D eigenvalue weighted by atomic mass is 9.96. The number of rotatable bonds is 9. The number of hydrazine groups is 1. The van der Waals surface area contributed by atoms with Gasteiger partial charge in [0.2, 0.25) is 0 Å². The number of aryl methyl sites for hydroxylation is 1. The van der Waals surface area contributed by atoms with E-state index in [0.29, 0.717) is 35.2 Å². The van der Waals surface area contributed by atoms with Crippen molar-refractivity contribution in [2.45, 2.75) is 70.5 Å². The molecule has 33 heavy (non-hydrogen) atoms. The van der Waals surface area contributed by atoms with E-state index in [1.54, 1.807) is 13.2 Å². The van der Waals surface area contributed by atoms with Crippen LogP contribution in [0.5, 0.6) is 11.5 Å². The molecule has 0 saturated heterocycles. The fraction of sp³-hybridized carbons (Fsp3) is 0.542. The van der Waals surface area contributed by atoms with Crippen LogP contribution in [0.1, 0.15) is 62.8 Å². The van der Waals surface area contributed by atoms with Gasteiger partial charge in [-0.15, -0.1) is 5.10 Å². The summed E-state index contributed by atoms with van der Waals surface area (Å²) in [5.41, 5.74) is 9.15. The fourth-order valence-electron chi connectivity index (χ4n) is 4.10. The van der Waals surface area contributed by atoms with E-state index < -0.39 is 0 Å². The monoisotopic (exact) mass is 453 g/mol. The number of pyridine rings is 1. The van der Waals surface area contributed by atoms with E-state index in [0.717, 1.165) is 37.1 Å². The summed E-state index contributed by atoms with van der Waals surface area (Å²) >= 11 is 0. The van der Waals surface area contributed by atoms with Crippen molar-refractivity contribution >= 4 is 11.5 Å². The molecule has 2 aromatic rings. The zero-order valence-corrected chi connectivity index (χ0v) is 19.6. The second-order valence-electron chi connectivity index (χ2n) is 8.93. The Bertz CT molecular complexity index is 969. The molecule has 178 valence electrons. The Labute approximate surface area is 195 Å². The number of nitrogens with two attached hydrogens (primary N) is 2. The Morgan fingerprint density at radius 1 is 1.09 bits per heavy atom. The number of nitrogens with one attached hydrogen (secondary N) is 1. The third-order valence-corrected chi connectivity index (χ3v) is 6.32. The maximum absolute atomic E-state index is 6.48. The number of anilines is 1. The average molecular weight is 454 g/mol. The highest BCUT2D eigenvalue weighted by molar-refractivity contribution is 5.64. The van der Waals surface area contributed by atoms with Crippen LogP contribution >= 0.6 is 0 Å². The first kappa shape index (κ1) is 23.1. The maximum Gasteiger partial charge on any atom is 0.152 e. The van der Waals surface area contributed by atoms with Gasteiger partial charge in [0.15, 0.2) is 5.82 Å². The van der Waals surface area contributed by atoms with E-state index in [9.17, 15) is 0 Å². The molecule has 2 aromatic heterocycles. The van der Waals surface area contributed by atoms with Crippen molar-refractivity contribution < 1.29 is 9.47 Å². The van der Waals surface area contributed by atoms with Gasteiger partial charge in [-0.05, 0) is 64.0 Å². The van der Waals surface area contributed by atoms with E-state index in [1.807, 2.05) is 25.1 Å². The van der Waals surface area contributed by atoms with Gasteiger partial charge in [0, 0.05) is 13.1 Å². The molecule has 9 nitrogen and oxygen atoms in total. The van der Waals surface area contributed by atoms with Crippen molar-refractivity contribution in [1.29, 1.82) is 0 Å². The number of nitrogens with zero attached hydrogens (tertiary/aromatic N) is 4. The molecule has 2 saturated carbocycles. The molecule has 0 radical (unpaired) electrons. The van der Waals surface area contributed by atoms with Crippen molar-refractivity contribution in [1.82, 2.24) is 20.2 Å². The topological polar surface area (TPSA) is 124 Å². The molecule has 9 heteroatoms. The molecule has 2 aliphatic carbocycles. The highest BCUT2D eigenvalue weighted by atomic mass is 16.5. The molecular formula is C24H35N7O2. The van der Waals surface area contributed by atoms with Crippen LogP contribution in [0.3, 0.4) is 0 Å². The SMILES string of the molecule is Cc1nc(/C(N)=C(\CNc2cc(OC3CCC3)cnn2)N(C)N)ccc1OC1CCCCC1. The quantitative estimate of drug-likeness (QED) is 0.387. The summed E-state index contributed by atoms with van der Waals surface area (Å²) < 4.78 is 12.1. The lowest BCUT2D eigenvalue weighted by molar-refractivity contribution is 0.119. The molecule has 4 rings (SSSR count). The van der Waals surface area contributed by atoms with Crippen molar-refractivity contribution in [3.63, 3.8) is 0 Å². The Morgan fingerprint density at radius 2 is 1.82 bits per heavy atom. The van der Waals surface area contributed by atoms with Gasteiger partial charge < -0.3 is 25.5 Å². The van der Waals surface area contributed by atoms with Crippen LogP contribution < -0.4 is 26.4 Å². The predicted molar refractivity (Wildman–Crippen MR) is 128 cm³/mol. The molecule has 2 heterocycles. The molecule has 0 spiro atoms. The van der Waals surface area contributed by atoms with E-state index >= 15 is 0 Å². The minimum absolute atomic E-state index is 0.276. The van der Waals surface area contributed by atoms with E-state index in [1.165, 1.54) is 30.7 Å². The van der Waals surface area contributed by atoms with Crippen molar-refractivity contribution in [2.24, 2.45) is 11.6 Å². The summed E-state index contributed by atoms with van der Waals surface area (Å²) in [6, 6.07) is 5.68. The number of hydrogen-bond donors (Lipinski definition) is 3. The lowest BCUT2D eigenvalue weighted by Crippen LogP contribution is -2.32. The number of ether oxygens (including phenoxy) is 2. The van der Waals surface area contributed by atoms with Gasteiger partial charge in [-0.3, -0.25) is 0 Å². The van der Waals surface area contributed by atoms with Gasteiger partial charge in [-0.2, -0.15) is 5.10 Å². The summed E-state index contributed by atoms with van der Waals surface area (Å²) in [6.45, 7) is 2.31. The minimum Gasteiger partial charge on any atom is -0.489 e. The highest BCUT2D eigenvalue weighted by Gasteiger charge is 2.20. The molecule has 0 aromatic carbocycles. The van der Waals surface area contributed by atoms with Crippen LogP contribution in [0.15, 0.2) is 30.1 Å². The van der Waals surface area contributed by atoms with Crippen molar-refractivity contribution in [3.8, 4) is 11.5 Å². The average Bonchev–Trinajstić information content (AvgIpc) is 2.78. The first-order chi connectivity index (χ1) is 16.0. The predicted octanol–water partition coefficient (Wildman–Crippen LogP) is 3.37. The van der Waals surface area contributed by atoms with Crippen LogP contribution in [0.4, 0.5) is 5.82 Å². The van der Waals surface area contributed by atoms with E-state index in [2.05, 4.69) is 15.5 Å². The fourth-order valence-corrected chi connectivity index (χ4v) is 4.10. The summed E-state index contributed by atoms with van der Waals surface area (Å²) in [5, 5.41) is 12.9. The van der Waals surface area contributed by atoms with Gasteiger partial charge in [0.1, 0.15) is 11.5 Å². The van der Waals surface area contributed by atoms with Crippen LogP contribution in [0.2, 0.25) is 0 Å². The van der Waals surface area contributed by atoms with Crippen LogP contribution in [0.25, 0.3) is 5.70 Å². The van der Waals surface area contributed by atoms with E-state index in [4.69, 9.17) is 26.0 Å². The molecule has 0 atom stereocenters. The van der Waals surface area contributed by atoms with Crippen LogP contribution in [-0.4, -0.2) is 46.0 Å². The number of hydrogen-bond acceptors (Lipinski definition) is 9. The first-order valence-electron chi connectivity index (χ1n) is 11.8. The molecule has 0 bridgehead atoms. The number of aromatic nitrogens is 3. The van der Waals surface area contributed by atoms with Gasteiger partial charge in [-0.1, -0.05) is 6.42 Å². The van der Waals surface area contributed by atoms with Gasteiger partial charge >= 0.3 is 0 Å². The van der Waals surface area contributed by atoms with Crippen LogP contribution in [0, 0.1) is 6.92 Å². The Morgan fingerprint density at radius 3 is 2.48 bits per heavy atom. The molecular weight excluding hydrogens is 418 g/mol. The summed E-state index contributed by atoms with van der Waals surface area (Å²) in [7, 11) is 1.75.